The normalized spacial score (nSPS) is 9.73. The van der Waals surface area contributed by atoms with E-state index in [4.69, 9.17) is 13.0 Å². The van der Waals surface area contributed by atoms with Crippen LogP contribution in [0.3, 0.4) is 0 Å². The number of hydrogen-bond donors (Lipinski definition) is 1. The van der Waals surface area contributed by atoms with Crippen LogP contribution in [0, 0.1) is 0 Å². The Morgan fingerprint density at radius 2 is 1.55 bits per heavy atom. The average molecular weight is 268 g/mol. The molecule has 1 aromatic heterocycles. The van der Waals surface area contributed by atoms with E-state index in [0.29, 0.717) is 0 Å². The van der Waals surface area contributed by atoms with E-state index in [9.17, 15) is 0 Å². The van der Waals surface area contributed by atoms with Gasteiger partial charge in [-0.15, -0.1) is 0 Å². The summed E-state index contributed by atoms with van der Waals surface area (Å²) >= 11 is 1.92. The van der Waals surface area contributed by atoms with Gasteiger partial charge in [-0.05, 0) is 12.1 Å². The zero-order valence-electron chi connectivity index (χ0n) is 5.31. The third kappa shape index (κ3) is 17.7. The quantitative estimate of drug-likeness (QED) is 0.547. The van der Waals surface area contributed by atoms with Crippen molar-refractivity contribution in [1.82, 2.24) is 4.98 Å². The van der Waals surface area contributed by atoms with Crippen molar-refractivity contribution >= 4 is 7.58 Å². The molecule has 0 saturated heterocycles. The van der Waals surface area contributed by atoms with Gasteiger partial charge in [-0.2, -0.15) is 0 Å². The summed E-state index contributed by atoms with van der Waals surface area (Å²) in [7, 11) is -3.86. The Morgan fingerprint density at radius 1 is 1.18 bits per heavy atom. The van der Waals surface area contributed by atoms with Crippen LogP contribution >= 0.6 is 0 Å². The molecule has 0 aromatic carbocycles. The molecule has 0 aliphatic carbocycles. The minimum Gasteiger partial charge on any atom is -0.265 e. The van der Waals surface area contributed by atoms with Gasteiger partial charge in [0.2, 0.25) is 0 Å². The van der Waals surface area contributed by atoms with Crippen molar-refractivity contribution in [3.05, 3.63) is 30.6 Å². The fraction of sp³-hybridized carbons (Fsp3) is 0. The monoisotopic (exact) mass is 267 g/mol. The van der Waals surface area contributed by atoms with Crippen LogP contribution in [0.5, 0.6) is 0 Å². The molecule has 0 aliphatic rings. The molecule has 1 N–H and O–H groups in total. The van der Waals surface area contributed by atoms with Crippen molar-refractivity contribution in [2.75, 3.05) is 0 Å². The van der Waals surface area contributed by atoms with Gasteiger partial charge in [0.1, 0.15) is 0 Å². The van der Waals surface area contributed by atoms with Gasteiger partial charge in [0.25, 0.3) is 0 Å². The van der Waals surface area contributed by atoms with Gasteiger partial charge < -0.3 is 0 Å². The van der Waals surface area contributed by atoms with Crippen LogP contribution in [0.25, 0.3) is 0 Å². The van der Waals surface area contributed by atoms with Gasteiger partial charge in [-0.25, -0.2) is 0 Å². The van der Waals surface area contributed by atoms with Crippen LogP contribution in [-0.2, 0) is 27.3 Å². The summed E-state index contributed by atoms with van der Waals surface area (Å²) in [6.45, 7) is 0. The number of hydrogen-bond acceptors (Lipinski definition) is 3. The third-order valence-electron chi connectivity index (χ3n) is 0.566. The fourth-order valence-electron chi connectivity index (χ4n) is 0.313. The first kappa shape index (κ1) is 10.8. The number of rotatable bonds is 0. The van der Waals surface area contributed by atoms with Gasteiger partial charge in [0.15, 0.2) is 0 Å². The van der Waals surface area contributed by atoms with Gasteiger partial charge in [0, 0.05) is 12.4 Å². The predicted octanol–water partition coefficient (Wildman–Crippen LogP) is 0.418. The SMILES string of the molecule is O=[S](=O)(O)[Ag].c1ccncc1. The van der Waals surface area contributed by atoms with Gasteiger partial charge in [0.05, 0.1) is 0 Å². The van der Waals surface area contributed by atoms with E-state index in [0.717, 1.165) is 0 Å². The second kappa shape index (κ2) is 5.45. The first-order chi connectivity index (χ1) is 5.00. The fourth-order valence-corrected chi connectivity index (χ4v) is 0.313. The van der Waals surface area contributed by atoms with Crippen molar-refractivity contribution in [3.63, 3.8) is 0 Å². The van der Waals surface area contributed by atoms with E-state index in [1.54, 1.807) is 12.4 Å². The van der Waals surface area contributed by atoms with E-state index in [1.165, 1.54) is 0 Å². The number of aromatic nitrogens is 1. The van der Waals surface area contributed by atoms with Crippen molar-refractivity contribution in [1.29, 1.82) is 0 Å². The molecule has 4 nitrogen and oxygen atoms in total. The van der Waals surface area contributed by atoms with Crippen LogP contribution < -0.4 is 0 Å². The summed E-state index contributed by atoms with van der Waals surface area (Å²) in [4.78, 5) is 3.78. The molecule has 0 amide bonds. The molecule has 0 fully saturated rings. The third-order valence-corrected chi connectivity index (χ3v) is 0.566. The second-order valence-corrected chi connectivity index (χ2v) is 4.44. The molecule has 1 aromatic rings. The molecule has 6 heteroatoms. The van der Waals surface area contributed by atoms with Gasteiger partial charge in [-0.3, -0.25) is 4.98 Å². The molecule has 1 rings (SSSR count). The van der Waals surface area contributed by atoms with E-state index < -0.39 is 7.58 Å². The van der Waals surface area contributed by atoms with Crippen molar-refractivity contribution in [2.45, 2.75) is 0 Å². The van der Waals surface area contributed by atoms with Crippen molar-refractivity contribution in [3.8, 4) is 0 Å². The Balaban J connectivity index is 0.000000187. The molecule has 0 radical (unpaired) electrons. The molecule has 0 unspecified atom stereocenters. The van der Waals surface area contributed by atoms with Crippen LogP contribution in [-0.4, -0.2) is 18.0 Å². The second-order valence-electron chi connectivity index (χ2n) is 1.40. The van der Waals surface area contributed by atoms with E-state index in [2.05, 4.69) is 4.98 Å². The summed E-state index contributed by atoms with van der Waals surface area (Å²) in [6, 6.07) is 5.72. The Morgan fingerprint density at radius 3 is 1.64 bits per heavy atom. The first-order valence-corrected chi connectivity index (χ1v) is 5.58. The first-order valence-electron chi connectivity index (χ1n) is 2.49. The van der Waals surface area contributed by atoms with Crippen LogP contribution in [0.15, 0.2) is 30.6 Å². The summed E-state index contributed by atoms with van der Waals surface area (Å²) in [5.74, 6) is 0. The van der Waals surface area contributed by atoms with Gasteiger partial charge in [-0.1, -0.05) is 6.07 Å². The maximum absolute atomic E-state index is 9.10. The summed E-state index contributed by atoms with van der Waals surface area (Å²) in [5.41, 5.74) is 0. The molecule has 0 bridgehead atoms. The zero-order chi connectivity index (χ0) is 8.74. The Bertz CT molecular complexity index is 238. The molecule has 66 valence electrons. The van der Waals surface area contributed by atoms with Crippen LogP contribution in [0.1, 0.15) is 0 Å². The van der Waals surface area contributed by atoms with E-state index in [1.807, 2.05) is 37.9 Å². The minimum atomic E-state index is -3.86. The smallest absolute Gasteiger partial charge is 0.0267 e. The maximum atomic E-state index is 9.10. The van der Waals surface area contributed by atoms with Crippen molar-refractivity contribution in [2.24, 2.45) is 0 Å². The van der Waals surface area contributed by atoms with E-state index in [-0.39, 0.29) is 0 Å². The Hall–Kier alpha value is -0.200. The largest absolute Gasteiger partial charge is 0.265 e. The molecule has 0 saturated carbocycles. The topological polar surface area (TPSA) is 67.3 Å². The number of pyridine rings is 1. The molecule has 0 spiro atoms. The van der Waals surface area contributed by atoms with Gasteiger partial charge >= 0.3 is 40.3 Å². The molecule has 0 aliphatic heterocycles. The Labute approximate surface area is 75.9 Å². The molecule has 11 heavy (non-hydrogen) atoms. The average Bonchev–Trinajstić information content (AvgIpc) is 1.88. The molecule has 0 atom stereocenters. The summed E-state index contributed by atoms with van der Waals surface area (Å²) in [5, 5.41) is 0. The van der Waals surface area contributed by atoms with Crippen LogP contribution in [0.4, 0.5) is 0 Å². The maximum Gasteiger partial charge on any atom is 0.0267 e. The van der Waals surface area contributed by atoms with E-state index >= 15 is 0 Å². The Kier molecular flexibility index (Phi) is 5.35. The molecule has 1 heterocycles. The number of nitrogens with zero attached hydrogens (tertiary/aromatic N) is 1. The van der Waals surface area contributed by atoms with Crippen molar-refractivity contribution < 1.29 is 32.7 Å². The molecular weight excluding hydrogens is 262 g/mol. The van der Waals surface area contributed by atoms with Crippen LogP contribution in [0.2, 0.25) is 0 Å². The molecular formula is C5H6AgNO3S. The zero-order valence-corrected chi connectivity index (χ0v) is 7.61. The summed E-state index contributed by atoms with van der Waals surface area (Å²) in [6.07, 6.45) is 3.50. The minimum absolute atomic E-state index is 1.75. The standard InChI is InChI=1S/C5H5N.Ag.HO3S/c1-2-4-6-5-3-1;;1-4(2)3/h1-5H;;(H,1,2,3). The summed E-state index contributed by atoms with van der Waals surface area (Å²) < 4.78 is 25.6. The predicted molar refractivity (Wildman–Crippen MR) is 35.8 cm³/mol.